The lowest BCUT2D eigenvalue weighted by atomic mass is 10.0. The minimum absolute atomic E-state index is 0.445. The zero-order chi connectivity index (χ0) is 19.2. The van der Waals surface area contributed by atoms with Crippen LogP contribution in [-0.2, 0) is 19.4 Å². The van der Waals surface area contributed by atoms with Gasteiger partial charge in [-0.05, 0) is 47.4 Å². The Balaban J connectivity index is 1.39. The first-order valence-electron chi connectivity index (χ1n) is 9.31. The number of ether oxygens (including phenoxy) is 1. The Labute approximate surface area is 164 Å². The fourth-order valence-corrected chi connectivity index (χ4v) is 3.23. The molecule has 1 aromatic heterocycles. The summed E-state index contributed by atoms with van der Waals surface area (Å²) in [5.41, 5.74) is 5.38. The molecule has 136 valence electrons. The average Bonchev–Trinajstić information content (AvgIpc) is 2.74. The number of aromatic nitrogens is 1. The number of hydrogen-bond acceptors (Lipinski definition) is 3. The quantitative estimate of drug-likeness (QED) is 0.456. The lowest BCUT2D eigenvalue weighted by molar-refractivity contribution is 0.301. The van der Waals surface area contributed by atoms with Crippen LogP contribution in [0.4, 0.5) is 0 Å². The van der Waals surface area contributed by atoms with Gasteiger partial charge in [-0.2, -0.15) is 5.26 Å². The Hall–Kier alpha value is -3.64. The van der Waals surface area contributed by atoms with Crippen molar-refractivity contribution in [3.8, 4) is 11.8 Å². The van der Waals surface area contributed by atoms with E-state index in [1.54, 1.807) is 0 Å². The number of hydrogen-bond donors (Lipinski definition) is 0. The summed E-state index contributed by atoms with van der Waals surface area (Å²) in [6.07, 6.45) is 1.29. The minimum atomic E-state index is 0.445. The van der Waals surface area contributed by atoms with E-state index in [0.29, 0.717) is 13.0 Å². The summed E-state index contributed by atoms with van der Waals surface area (Å²) >= 11 is 0. The number of para-hydroxylation sites is 1. The third kappa shape index (κ3) is 4.36. The fourth-order valence-electron chi connectivity index (χ4n) is 3.23. The van der Waals surface area contributed by atoms with Gasteiger partial charge in [0, 0.05) is 5.39 Å². The van der Waals surface area contributed by atoms with Crippen LogP contribution in [0.2, 0.25) is 0 Å². The zero-order valence-corrected chi connectivity index (χ0v) is 15.5. The van der Waals surface area contributed by atoms with Gasteiger partial charge in [0.2, 0.25) is 0 Å². The maximum Gasteiger partial charge on any atom is 0.130 e. The van der Waals surface area contributed by atoms with Gasteiger partial charge in [-0.1, -0.05) is 60.7 Å². The highest BCUT2D eigenvalue weighted by Crippen LogP contribution is 2.18. The molecular weight excluding hydrogens is 344 g/mol. The van der Waals surface area contributed by atoms with E-state index in [9.17, 15) is 0 Å². The van der Waals surface area contributed by atoms with Gasteiger partial charge >= 0.3 is 0 Å². The van der Waals surface area contributed by atoms with E-state index in [2.05, 4.69) is 47.5 Å². The van der Waals surface area contributed by atoms with E-state index in [4.69, 9.17) is 10.00 Å². The number of rotatable bonds is 6. The molecule has 4 rings (SSSR count). The first-order valence-corrected chi connectivity index (χ1v) is 9.31. The van der Waals surface area contributed by atoms with E-state index in [1.165, 1.54) is 11.1 Å². The van der Waals surface area contributed by atoms with Gasteiger partial charge in [0.05, 0.1) is 23.7 Å². The number of pyridine rings is 1. The highest BCUT2D eigenvalue weighted by atomic mass is 16.5. The molecular formula is C25H20N2O. The first-order chi connectivity index (χ1) is 13.8. The van der Waals surface area contributed by atoms with Crippen molar-refractivity contribution in [1.29, 1.82) is 5.26 Å². The predicted molar refractivity (Wildman–Crippen MR) is 111 cm³/mol. The predicted octanol–water partition coefficient (Wildman–Crippen LogP) is 5.47. The van der Waals surface area contributed by atoms with Crippen molar-refractivity contribution in [3.05, 3.63) is 107 Å². The van der Waals surface area contributed by atoms with Gasteiger partial charge in [-0.25, -0.2) is 4.98 Å². The van der Waals surface area contributed by atoms with Crippen LogP contribution >= 0.6 is 0 Å². The molecule has 0 aliphatic carbocycles. The van der Waals surface area contributed by atoms with E-state index in [1.807, 2.05) is 48.5 Å². The minimum Gasteiger partial charge on any atom is -0.487 e. The van der Waals surface area contributed by atoms with Crippen LogP contribution in [0.5, 0.6) is 5.75 Å². The molecule has 0 atom stereocenters. The second-order valence-corrected chi connectivity index (χ2v) is 6.76. The SMILES string of the molecule is N#CCc1cccc(Cc2ccc(OCc3ccc4ccccc4n3)cc2)c1. The van der Waals surface area contributed by atoms with E-state index in [-0.39, 0.29) is 0 Å². The molecule has 1 heterocycles. The number of fused-ring (bicyclic) bond motifs is 1. The third-order valence-electron chi connectivity index (χ3n) is 4.65. The van der Waals surface area contributed by atoms with Crippen LogP contribution in [0, 0.1) is 11.3 Å². The van der Waals surface area contributed by atoms with E-state index < -0.39 is 0 Å². The molecule has 0 saturated carbocycles. The summed E-state index contributed by atoms with van der Waals surface area (Å²) in [6.45, 7) is 0.445. The Bertz CT molecular complexity index is 1130. The highest BCUT2D eigenvalue weighted by Gasteiger charge is 2.02. The number of nitriles is 1. The van der Waals surface area contributed by atoms with Crippen LogP contribution in [0.1, 0.15) is 22.4 Å². The molecule has 0 radical (unpaired) electrons. The van der Waals surface area contributed by atoms with Crippen molar-refractivity contribution >= 4 is 10.9 Å². The maximum absolute atomic E-state index is 8.85. The summed E-state index contributed by atoms with van der Waals surface area (Å²) in [4.78, 5) is 4.64. The van der Waals surface area contributed by atoms with Crippen molar-refractivity contribution in [1.82, 2.24) is 4.98 Å². The Morgan fingerprint density at radius 2 is 1.61 bits per heavy atom. The van der Waals surface area contributed by atoms with Crippen molar-refractivity contribution < 1.29 is 4.74 Å². The summed E-state index contributed by atoms with van der Waals surface area (Å²) < 4.78 is 5.90. The summed E-state index contributed by atoms with van der Waals surface area (Å²) in [7, 11) is 0. The van der Waals surface area contributed by atoms with Crippen LogP contribution in [0.3, 0.4) is 0 Å². The van der Waals surface area contributed by atoms with Gasteiger partial charge in [-0.3, -0.25) is 0 Å². The van der Waals surface area contributed by atoms with Crippen molar-refractivity contribution in [2.24, 2.45) is 0 Å². The molecule has 0 saturated heterocycles. The number of nitrogens with zero attached hydrogens (tertiary/aromatic N) is 2. The third-order valence-corrected chi connectivity index (χ3v) is 4.65. The number of benzene rings is 3. The topological polar surface area (TPSA) is 45.9 Å². The van der Waals surface area contributed by atoms with Crippen LogP contribution in [-0.4, -0.2) is 4.98 Å². The summed E-state index contributed by atoms with van der Waals surface area (Å²) in [5.74, 6) is 0.830. The maximum atomic E-state index is 8.85. The van der Waals surface area contributed by atoms with Crippen LogP contribution < -0.4 is 4.74 Å². The Kier molecular flexibility index (Phi) is 5.31. The fraction of sp³-hybridized carbons (Fsp3) is 0.120. The molecule has 0 spiro atoms. The monoisotopic (exact) mass is 364 g/mol. The lowest BCUT2D eigenvalue weighted by Gasteiger charge is -2.08. The largest absolute Gasteiger partial charge is 0.487 e. The molecule has 0 N–H and O–H groups in total. The van der Waals surface area contributed by atoms with Gasteiger partial charge in [0.25, 0.3) is 0 Å². The highest BCUT2D eigenvalue weighted by molar-refractivity contribution is 5.78. The van der Waals surface area contributed by atoms with E-state index >= 15 is 0 Å². The smallest absolute Gasteiger partial charge is 0.130 e. The molecule has 3 heteroatoms. The first kappa shape index (κ1) is 17.8. The van der Waals surface area contributed by atoms with Crippen LogP contribution in [0.15, 0.2) is 84.9 Å². The average molecular weight is 364 g/mol. The van der Waals surface area contributed by atoms with Crippen molar-refractivity contribution in [2.45, 2.75) is 19.4 Å². The van der Waals surface area contributed by atoms with Crippen molar-refractivity contribution in [2.75, 3.05) is 0 Å². The standard InChI is InChI=1S/C25H20N2O/c26-15-14-19-4-3-5-21(16-19)17-20-8-12-24(13-9-20)28-18-23-11-10-22-6-1-2-7-25(22)27-23/h1-13,16H,14,17-18H2. The Morgan fingerprint density at radius 3 is 2.46 bits per heavy atom. The molecule has 0 amide bonds. The van der Waals surface area contributed by atoms with Crippen molar-refractivity contribution in [3.63, 3.8) is 0 Å². The molecule has 4 aromatic rings. The van der Waals surface area contributed by atoms with Crippen LogP contribution in [0.25, 0.3) is 10.9 Å². The van der Waals surface area contributed by atoms with Gasteiger partial charge in [0.15, 0.2) is 0 Å². The summed E-state index contributed by atoms with van der Waals surface area (Å²) in [5, 5.41) is 9.98. The molecule has 0 bridgehead atoms. The van der Waals surface area contributed by atoms with E-state index in [0.717, 1.165) is 34.3 Å². The Morgan fingerprint density at radius 1 is 0.786 bits per heavy atom. The molecule has 3 aromatic carbocycles. The van der Waals surface area contributed by atoms with Gasteiger partial charge in [0.1, 0.15) is 12.4 Å². The lowest BCUT2D eigenvalue weighted by Crippen LogP contribution is -1.98. The molecule has 0 aliphatic rings. The molecule has 3 nitrogen and oxygen atoms in total. The second kappa shape index (κ2) is 8.37. The normalized spacial score (nSPS) is 10.5. The zero-order valence-electron chi connectivity index (χ0n) is 15.5. The molecule has 0 unspecified atom stereocenters. The molecule has 0 aliphatic heterocycles. The van der Waals surface area contributed by atoms with Gasteiger partial charge in [-0.15, -0.1) is 0 Å². The second-order valence-electron chi connectivity index (χ2n) is 6.76. The van der Waals surface area contributed by atoms with Gasteiger partial charge < -0.3 is 4.74 Å². The molecule has 0 fully saturated rings. The summed E-state index contributed by atoms with van der Waals surface area (Å²) in [6, 6.07) is 30.7. The molecule has 28 heavy (non-hydrogen) atoms.